The first-order valence-corrected chi connectivity index (χ1v) is 7.10. The molecule has 1 aliphatic rings. The van der Waals surface area contributed by atoms with Crippen molar-refractivity contribution in [3.8, 4) is 0 Å². The quantitative estimate of drug-likeness (QED) is 0.879. The zero-order valence-corrected chi connectivity index (χ0v) is 11.9. The Morgan fingerprint density at radius 3 is 2.79 bits per heavy atom. The van der Waals surface area contributed by atoms with E-state index < -0.39 is 0 Å². The lowest BCUT2D eigenvalue weighted by Crippen LogP contribution is -2.31. The second kappa shape index (κ2) is 6.70. The van der Waals surface area contributed by atoms with Gasteiger partial charge in [-0.05, 0) is 25.2 Å². The Balaban J connectivity index is 2.08. The number of aromatic nitrogens is 2. The number of hydrogen-bond acceptors (Lipinski definition) is 5. The molecule has 1 fully saturated rings. The number of nitrogens with two attached hydrogens (primary N) is 1. The molecule has 0 bridgehead atoms. The fraction of sp³-hybridized carbons (Fsp3) is 0.714. The summed E-state index contributed by atoms with van der Waals surface area (Å²) in [5, 5.41) is 0. The molecule has 5 nitrogen and oxygen atoms in total. The van der Waals surface area contributed by atoms with Gasteiger partial charge in [0.15, 0.2) is 0 Å². The molecule has 2 rings (SSSR count). The van der Waals surface area contributed by atoms with Gasteiger partial charge in [-0.2, -0.15) is 0 Å². The van der Waals surface area contributed by atoms with E-state index in [1.807, 2.05) is 0 Å². The molecule has 1 aromatic heterocycles. The van der Waals surface area contributed by atoms with Crippen molar-refractivity contribution in [3.63, 3.8) is 0 Å². The third-order valence-electron chi connectivity index (χ3n) is 3.69. The van der Waals surface area contributed by atoms with Crippen LogP contribution in [0.2, 0.25) is 0 Å². The topological polar surface area (TPSA) is 64.3 Å². The molecule has 106 valence electrons. The molecule has 0 aliphatic carbocycles. The van der Waals surface area contributed by atoms with E-state index in [9.17, 15) is 0 Å². The fourth-order valence-electron chi connectivity index (χ4n) is 2.64. The van der Waals surface area contributed by atoms with Crippen molar-refractivity contribution >= 4 is 11.6 Å². The molecule has 0 radical (unpaired) electrons. The SMILES string of the molecule is CCCc1c(N)ncnc1N(C)CC1CCOCC1. The number of anilines is 2. The molecule has 0 amide bonds. The highest BCUT2D eigenvalue weighted by molar-refractivity contribution is 5.56. The Morgan fingerprint density at radius 1 is 1.37 bits per heavy atom. The summed E-state index contributed by atoms with van der Waals surface area (Å²) < 4.78 is 5.40. The molecule has 19 heavy (non-hydrogen) atoms. The van der Waals surface area contributed by atoms with E-state index in [4.69, 9.17) is 10.5 Å². The smallest absolute Gasteiger partial charge is 0.137 e. The van der Waals surface area contributed by atoms with E-state index in [0.29, 0.717) is 11.7 Å². The predicted octanol–water partition coefficient (Wildman–Crippen LogP) is 1.87. The second-order valence-electron chi connectivity index (χ2n) is 5.25. The molecule has 2 heterocycles. The Morgan fingerprint density at radius 2 is 2.11 bits per heavy atom. The Labute approximate surface area is 115 Å². The zero-order valence-electron chi connectivity index (χ0n) is 11.9. The van der Waals surface area contributed by atoms with Crippen LogP contribution in [-0.4, -0.2) is 36.8 Å². The summed E-state index contributed by atoms with van der Waals surface area (Å²) in [6.45, 7) is 4.92. The van der Waals surface area contributed by atoms with Gasteiger partial charge in [-0.3, -0.25) is 0 Å². The van der Waals surface area contributed by atoms with Crippen LogP contribution in [0, 0.1) is 5.92 Å². The molecular weight excluding hydrogens is 240 g/mol. The van der Waals surface area contributed by atoms with Gasteiger partial charge < -0.3 is 15.4 Å². The summed E-state index contributed by atoms with van der Waals surface area (Å²) in [5.74, 6) is 2.29. The van der Waals surface area contributed by atoms with Crippen molar-refractivity contribution in [2.24, 2.45) is 5.92 Å². The van der Waals surface area contributed by atoms with Gasteiger partial charge in [0, 0.05) is 32.4 Å². The maximum Gasteiger partial charge on any atom is 0.137 e. The summed E-state index contributed by atoms with van der Waals surface area (Å²) in [4.78, 5) is 10.8. The lowest BCUT2D eigenvalue weighted by Gasteiger charge is -2.29. The number of nitrogens with zero attached hydrogens (tertiary/aromatic N) is 3. The summed E-state index contributed by atoms with van der Waals surface area (Å²) in [5.41, 5.74) is 7.06. The van der Waals surface area contributed by atoms with Crippen molar-refractivity contribution in [1.29, 1.82) is 0 Å². The molecule has 0 atom stereocenters. The van der Waals surface area contributed by atoms with Gasteiger partial charge in [0.25, 0.3) is 0 Å². The first-order chi connectivity index (χ1) is 9.22. The van der Waals surface area contributed by atoms with Crippen LogP contribution in [0.4, 0.5) is 11.6 Å². The van der Waals surface area contributed by atoms with E-state index in [2.05, 4.69) is 28.8 Å². The normalized spacial score (nSPS) is 16.5. The number of hydrogen-bond donors (Lipinski definition) is 1. The van der Waals surface area contributed by atoms with Crippen molar-refractivity contribution in [2.75, 3.05) is 37.4 Å². The third kappa shape index (κ3) is 3.56. The fourth-order valence-corrected chi connectivity index (χ4v) is 2.64. The standard InChI is InChI=1S/C14H24N4O/c1-3-4-12-13(15)16-10-17-14(12)18(2)9-11-5-7-19-8-6-11/h10-11H,3-9H2,1-2H3,(H2,15,16,17). The van der Waals surface area contributed by atoms with Gasteiger partial charge in [0.1, 0.15) is 18.0 Å². The second-order valence-corrected chi connectivity index (χ2v) is 5.25. The van der Waals surface area contributed by atoms with Crippen LogP contribution >= 0.6 is 0 Å². The Hall–Kier alpha value is -1.36. The number of rotatable bonds is 5. The van der Waals surface area contributed by atoms with Gasteiger partial charge in [0.05, 0.1) is 0 Å². The van der Waals surface area contributed by atoms with Crippen LogP contribution in [0.25, 0.3) is 0 Å². The first-order valence-electron chi connectivity index (χ1n) is 7.10. The highest BCUT2D eigenvalue weighted by Crippen LogP contribution is 2.24. The minimum atomic E-state index is 0.616. The lowest BCUT2D eigenvalue weighted by atomic mass is 9.99. The van der Waals surface area contributed by atoms with E-state index in [-0.39, 0.29) is 0 Å². The molecule has 0 saturated carbocycles. The van der Waals surface area contributed by atoms with Crippen LogP contribution in [0.1, 0.15) is 31.7 Å². The molecule has 0 unspecified atom stereocenters. The molecule has 5 heteroatoms. The van der Waals surface area contributed by atoms with E-state index in [1.54, 1.807) is 6.33 Å². The zero-order chi connectivity index (χ0) is 13.7. The summed E-state index contributed by atoms with van der Waals surface area (Å²) in [6.07, 6.45) is 5.81. The van der Waals surface area contributed by atoms with E-state index in [0.717, 1.165) is 56.8 Å². The highest BCUT2D eigenvalue weighted by Gasteiger charge is 2.19. The van der Waals surface area contributed by atoms with Crippen LogP contribution in [0.15, 0.2) is 6.33 Å². The molecule has 1 saturated heterocycles. The minimum Gasteiger partial charge on any atom is -0.383 e. The van der Waals surface area contributed by atoms with Gasteiger partial charge in [-0.1, -0.05) is 13.3 Å². The largest absolute Gasteiger partial charge is 0.383 e. The minimum absolute atomic E-state index is 0.616. The average molecular weight is 264 g/mol. The molecule has 1 aromatic rings. The number of nitrogen functional groups attached to an aromatic ring is 1. The maximum atomic E-state index is 5.98. The van der Waals surface area contributed by atoms with E-state index in [1.165, 1.54) is 0 Å². The monoisotopic (exact) mass is 264 g/mol. The molecule has 2 N–H and O–H groups in total. The van der Waals surface area contributed by atoms with Gasteiger partial charge >= 0.3 is 0 Å². The van der Waals surface area contributed by atoms with Crippen molar-refractivity contribution < 1.29 is 4.74 Å². The van der Waals surface area contributed by atoms with Crippen molar-refractivity contribution in [1.82, 2.24) is 9.97 Å². The molecule has 0 aromatic carbocycles. The summed E-state index contributed by atoms with van der Waals surface area (Å²) >= 11 is 0. The van der Waals surface area contributed by atoms with Crippen LogP contribution < -0.4 is 10.6 Å². The summed E-state index contributed by atoms with van der Waals surface area (Å²) in [6, 6.07) is 0. The first kappa shape index (κ1) is 14.1. The van der Waals surface area contributed by atoms with Gasteiger partial charge in [-0.15, -0.1) is 0 Å². The molecular formula is C14H24N4O. The van der Waals surface area contributed by atoms with Gasteiger partial charge in [-0.25, -0.2) is 9.97 Å². The van der Waals surface area contributed by atoms with Gasteiger partial charge in [0.2, 0.25) is 0 Å². The highest BCUT2D eigenvalue weighted by atomic mass is 16.5. The van der Waals surface area contributed by atoms with Crippen molar-refractivity contribution in [2.45, 2.75) is 32.6 Å². The Kier molecular flexibility index (Phi) is 4.96. The van der Waals surface area contributed by atoms with Crippen LogP contribution in [0.3, 0.4) is 0 Å². The molecule has 0 spiro atoms. The average Bonchev–Trinajstić information content (AvgIpc) is 2.42. The predicted molar refractivity (Wildman–Crippen MR) is 77.3 cm³/mol. The van der Waals surface area contributed by atoms with Crippen LogP contribution in [0.5, 0.6) is 0 Å². The van der Waals surface area contributed by atoms with E-state index >= 15 is 0 Å². The lowest BCUT2D eigenvalue weighted by molar-refractivity contribution is 0.0685. The Bertz CT molecular complexity index is 404. The molecule has 1 aliphatic heterocycles. The van der Waals surface area contributed by atoms with Crippen LogP contribution in [-0.2, 0) is 11.2 Å². The third-order valence-corrected chi connectivity index (χ3v) is 3.69. The number of ether oxygens (including phenoxy) is 1. The summed E-state index contributed by atoms with van der Waals surface area (Å²) in [7, 11) is 2.09. The maximum absolute atomic E-state index is 5.98. The van der Waals surface area contributed by atoms with Crippen molar-refractivity contribution in [3.05, 3.63) is 11.9 Å².